The molecule has 1 unspecified atom stereocenters. The molecule has 0 aliphatic heterocycles. The van der Waals surface area contributed by atoms with E-state index in [1.807, 2.05) is 0 Å². The lowest BCUT2D eigenvalue weighted by Gasteiger charge is -2.12. The van der Waals surface area contributed by atoms with Crippen molar-refractivity contribution in [3.8, 4) is 5.75 Å². The number of benzene rings is 1. The molecule has 2 aromatic rings. The summed E-state index contributed by atoms with van der Waals surface area (Å²) in [7, 11) is 1.38. The van der Waals surface area contributed by atoms with Crippen LogP contribution < -0.4 is 10.1 Å². The smallest absolute Gasteiger partial charge is 0.341 e. The number of hydrogen-bond donors (Lipinski definition) is 1. The largest absolute Gasteiger partial charge is 0.497 e. The summed E-state index contributed by atoms with van der Waals surface area (Å²) >= 11 is 0. The molecule has 1 heterocycles. The monoisotopic (exact) mass is 322 g/mol. The van der Waals surface area contributed by atoms with Crippen molar-refractivity contribution in [3.05, 3.63) is 41.4 Å². The van der Waals surface area contributed by atoms with E-state index in [0.717, 1.165) is 6.07 Å². The first kappa shape index (κ1) is 16.5. The van der Waals surface area contributed by atoms with Crippen LogP contribution in [0.4, 0.5) is 10.2 Å². The van der Waals surface area contributed by atoms with E-state index in [0.29, 0.717) is 5.76 Å². The van der Waals surface area contributed by atoms with Gasteiger partial charge in [-0.1, -0.05) is 5.16 Å². The fourth-order valence-electron chi connectivity index (χ4n) is 1.72. The minimum atomic E-state index is -1.14. The molecular weight excluding hydrogens is 307 g/mol. The predicted molar refractivity (Wildman–Crippen MR) is 77.7 cm³/mol. The number of amides is 1. The van der Waals surface area contributed by atoms with Gasteiger partial charge in [0.15, 0.2) is 11.9 Å². The summed E-state index contributed by atoms with van der Waals surface area (Å²) in [5, 5.41) is 6.00. The van der Waals surface area contributed by atoms with Crippen LogP contribution in [0.2, 0.25) is 0 Å². The van der Waals surface area contributed by atoms with Gasteiger partial charge in [0, 0.05) is 12.1 Å². The number of ether oxygens (including phenoxy) is 2. The summed E-state index contributed by atoms with van der Waals surface area (Å²) in [6.45, 7) is 3.03. The highest BCUT2D eigenvalue weighted by molar-refractivity contribution is 5.96. The zero-order valence-corrected chi connectivity index (χ0v) is 12.8. The number of nitrogens with one attached hydrogen (secondary N) is 1. The highest BCUT2D eigenvalue weighted by Gasteiger charge is 2.22. The van der Waals surface area contributed by atoms with Gasteiger partial charge >= 0.3 is 5.97 Å². The number of nitrogens with zero attached hydrogens (tertiary/aromatic N) is 1. The van der Waals surface area contributed by atoms with Gasteiger partial charge in [-0.25, -0.2) is 9.18 Å². The lowest BCUT2D eigenvalue weighted by Crippen LogP contribution is -2.30. The molecule has 0 saturated heterocycles. The molecule has 122 valence electrons. The van der Waals surface area contributed by atoms with Gasteiger partial charge in [0.1, 0.15) is 17.3 Å². The number of carbonyl (C=O) groups excluding carboxylic acids is 2. The fraction of sp³-hybridized carbons (Fsp3) is 0.267. The second kappa shape index (κ2) is 6.91. The average Bonchev–Trinajstić information content (AvgIpc) is 2.91. The Morgan fingerprint density at radius 3 is 2.65 bits per heavy atom. The summed E-state index contributed by atoms with van der Waals surface area (Å²) < 4.78 is 28.4. The van der Waals surface area contributed by atoms with Gasteiger partial charge in [-0.2, -0.15) is 0 Å². The van der Waals surface area contributed by atoms with Gasteiger partial charge < -0.3 is 19.3 Å². The van der Waals surface area contributed by atoms with Gasteiger partial charge in [-0.15, -0.1) is 0 Å². The lowest BCUT2D eigenvalue weighted by molar-refractivity contribution is -0.123. The first-order valence-corrected chi connectivity index (χ1v) is 6.69. The van der Waals surface area contributed by atoms with E-state index in [1.165, 1.54) is 32.2 Å². The van der Waals surface area contributed by atoms with Gasteiger partial charge in [-0.05, 0) is 26.0 Å². The molecule has 0 saturated carbocycles. The summed E-state index contributed by atoms with van der Waals surface area (Å²) in [5.41, 5.74) is -0.289. The number of hydrogen-bond acceptors (Lipinski definition) is 6. The van der Waals surface area contributed by atoms with Crippen LogP contribution in [0.5, 0.6) is 5.75 Å². The Bertz CT molecular complexity index is 728. The molecule has 0 bridgehead atoms. The number of esters is 1. The van der Waals surface area contributed by atoms with Crippen LogP contribution in [0.1, 0.15) is 23.0 Å². The van der Waals surface area contributed by atoms with Crippen molar-refractivity contribution in [1.29, 1.82) is 0 Å². The Balaban J connectivity index is 2.00. The van der Waals surface area contributed by atoms with Crippen molar-refractivity contribution in [1.82, 2.24) is 5.16 Å². The molecule has 1 amide bonds. The van der Waals surface area contributed by atoms with Gasteiger partial charge in [0.2, 0.25) is 0 Å². The van der Waals surface area contributed by atoms with E-state index in [9.17, 15) is 14.0 Å². The Labute approximate surface area is 131 Å². The number of anilines is 1. The highest BCUT2D eigenvalue weighted by Crippen LogP contribution is 2.17. The van der Waals surface area contributed by atoms with Crippen LogP contribution in [0, 0.1) is 12.7 Å². The quantitative estimate of drug-likeness (QED) is 0.850. The van der Waals surface area contributed by atoms with E-state index >= 15 is 0 Å². The summed E-state index contributed by atoms with van der Waals surface area (Å²) in [4.78, 5) is 23.8. The van der Waals surface area contributed by atoms with Crippen LogP contribution in [0.15, 0.2) is 28.8 Å². The second-order valence-electron chi connectivity index (χ2n) is 4.71. The summed E-state index contributed by atoms with van der Waals surface area (Å²) in [6, 6.07) is 5.21. The van der Waals surface area contributed by atoms with Crippen molar-refractivity contribution in [3.63, 3.8) is 0 Å². The van der Waals surface area contributed by atoms with Gasteiger partial charge in [0.05, 0.1) is 12.7 Å². The third-order valence-electron chi connectivity index (χ3n) is 2.93. The molecule has 0 aliphatic rings. The Kier molecular flexibility index (Phi) is 4.95. The van der Waals surface area contributed by atoms with Crippen molar-refractivity contribution in [2.24, 2.45) is 0 Å². The van der Waals surface area contributed by atoms with E-state index in [-0.39, 0.29) is 17.1 Å². The number of methoxy groups -OCH3 is 1. The first-order chi connectivity index (χ1) is 10.9. The number of rotatable bonds is 5. The summed E-state index contributed by atoms with van der Waals surface area (Å²) in [6.07, 6.45) is -1.14. The average molecular weight is 322 g/mol. The third-order valence-corrected chi connectivity index (χ3v) is 2.93. The second-order valence-corrected chi connectivity index (χ2v) is 4.71. The molecule has 1 aromatic heterocycles. The van der Waals surface area contributed by atoms with Crippen LogP contribution in [0.25, 0.3) is 0 Å². The van der Waals surface area contributed by atoms with Crippen molar-refractivity contribution >= 4 is 17.7 Å². The molecule has 8 heteroatoms. The highest BCUT2D eigenvalue weighted by atomic mass is 19.1. The van der Waals surface area contributed by atoms with Crippen LogP contribution >= 0.6 is 0 Å². The molecule has 1 N–H and O–H groups in total. The van der Waals surface area contributed by atoms with Crippen LogP contribution in [0.3, 0.4) is 0 Å². The number of halogens is 1. The molecule has 0 fully saturated rings. The summed E-state index contributed by atoms with van der Waals surface area (Å²) in [5.74, 6) is -1.37. The van der Waals surface area contributed by atoms with E-state index < -0.39 is 23.8 Å². The molecule has 1 atom stereocenters. The SMILES string of the molecule is COc1ccc(C(=O)OC(C)C(=O)Nc2cc(C)on2)c(F)c1. The van der Waals surface area contributed by atoms with Crippen molar-refractivity contribution in [2.45, 2.75) is 20.0 Å². The normalized spacial score (nSPS) is 11.7. The molecular formula is C15H15FN2O5. The maximum Gasteiger partial charge on any atom is 0.341 e. The molecule has 7 nitrogen and oxygen atoms in total. The van der Waals surface area contributed by atoms with Crippen molar-refractivity contribution in [2.75, 3.05) is 12.4 Å². The topological polar surface area (TPSA) is 90.7 Å². The Morgan fingerprint density at radius 2 is 2.09 bits per heavy atom. The molecule has 2 rings (SSSR count). The van der Waals surface area contributed by atoms with E-state index in [1.54, 1.807) is 6.92 Å². The molecule has 0 aliphatic carbocycles. The van der Waals surface area contributed by atoms with Crippen LogP contribution in [-0.4, -0.2) is 30.2 Å². The third kappa shape index (κ3) is 4.06. The lowest BCUT2D eigenvalue weighted by atomic mass is 10.2. The zero-order valence-electron chi connectivity index (χ0n) is 12.8. The first-order valence-electron chi connectivity index (χ1n) is 6.69. The molecule has 0 radical (unpaired) electrons. The van der Waals surface area contributed by atoms with E-state index in [4.69, 9.17) is 14.0 Å². The number of carbonyl (C=O) groups is 2. The van der Waals surface area contributed by atoms with Crippen molar-refractivity contribution < 1.29 is 28.0 Å². The Hall–Kier alpha value is -2.90. The Morgan fingerprint density at radius 1 is 1.35 bits per heavy atom. The molecule has 1 aromatic carbocycles. The standard InChI is InChI=1S/C15H15FN2O5/c1-8-6-13(18-23-8)17-14(19)9(2)22-15(20)11-5-4-10(21-3)7-12(11)16/h4-7,9H,1-3H3,(H,17,18,19). The fourth-order valence-corrected chi connectivity index (χ4v) is 1.72. The zero-order chi connectivity index (χ0) is 17.0. The maximum atomic E-state index is 13.8. The number of aromatic nitrogens is 1. The number of aryl methyl sites for hydroxylation is 1. The molecule has 0 spiro atoms. The maximum absolute atomic E-state index is 13.8. The van der Waals surface area contributed by atoms with Crippen LogP contribution in [-0.2, 0) is 9.53 Å². The minimum absolute atomic E-state index is 0.200. The molecule has 23 heavy (non-hydrogen) atoms. The minimum Gasteiger partial charge on any atom is -0.497 e. The van der Waals surface area contributed by atoms with Gasteiger partial charge in [-0.3, -0.25) is 4.79 Å². The van der Waals surface area contributed by atoms with E-state index in [2.05, 4.69) is 10.5 Å². The predicted octanol–water partition coefficient (Wildman–Crippen LogP) is 2.31. The van der Waals surface area contributed by atoms with Gasteiger partial charge in [0.25, 0.3) is 5.91 Å².